The van der Waals surface area contributed by atoms with Crippen LogP contribution in [-0.4, -0.2) is 10.3 Å². The van der Waals surface area contributed by atoms with E-state index >= 15 is 0 Å². The number of unbranched alkanes of at least 4 members (excludes halogenated alkanes) is 1. The molecule has 1 heterocycles. The summed E-state index contributed by atoms with van der Waals surface area (Å²) in [5.74, 6) is 0. The maximum atomic E-state index is 4.40. The molecule has 1 aromatic rings. The molecule has 0 saturated heterocycles. The molecular weight excluding hydrogens is 270 g/mol. The molecule has 0 bridgehead atoms. The van der Waals surface area contributed by atoms with Crippen LogP contribution in [0.4, 0.5) is 0 Å². The van der Waals surface area contributed by atoms with Crippen LogP contribution in [0.15, 0.2) is 11.6 Å². The van der Waals surface area contributed by atoms with Gasteiger partial charge in [-0.25, -0.2) is 4.98 Å². The molecule has 0 aromatic carbocycles. The van der Waals surface area contributed by atoms with Gasteiger partial charge in [-0.2, -0.15) is 0 Å². The summed E-state index contributed by atoms with van der Waals surface area (Å²) < 4.78 is 0. The quantitative estimate of drug-likeness (QED) is 0.665. The van der Waals surface area contributed by atoms with E-state index in [1.165, 1.54) is 30.7 Å². The Morgan fingerprint density at radius 1 is 1.47 bits per heavy atom. The molecule has 0 aliphatic carbocycles. The van der Waals surface area contributed by atoms with Crippen molar-refractivity contribution in [3.63, 3.8) is 0 Å². The third kappa shape index (κ3) is 3.87. The number of thiazole rings is 1. The van der Waals surface area contributed by atoms with Gasteiger partial charge in [0.15, 0.2) is 0 Å². The molecule has 1 nitrogen and oxygen atoms in total. The minimum Gasteiger partial charge on any atom is -0.250 e. The molecule has 1 aromatic heterocycles. The van der Waals surface area contributed by atoms with E-state index in [2.05, 4.69) is 40.1 Å². The number of alkyl halides is 1. The van der Waals surface area contributed by atoms with Crippen molar-refractivity contribution >= 4 is 27.3 Å². The van der Waals surface area contributed by atoms with Crippen LogP contribution in [0.5, 0.6) is 0 Å². The molecule has 1 atom stereocenters. The Balaban J connectivity index is 2.63. The van der Waals surface area contributed by atoms with Crippen molar-refractivity contribution in [3.05, 3.63) is 16.6 Å². The van der Waals surface area contributed by atoms with Crippen LogP contribution in [0, 0.1) is 5.41 Å². The number of rotatable bonds is 7. The summed E-state index contributed by atoms with van der Waals surface area (Å²) in [6, 6.07) is 0. The molecule has 3 heteroatoms. The molecule has 0 fully saturated rings. The van der Waals surface area contributed by atoms with Crippen LogP contribution in [0.1, 0.15) is 44.5 Å². The van der Waals surface area contributed by atoms with Crippen LogP contribution in [0.3, 0.4) is 0 Å². The lowest BCUT2D eigenvalue weighted by atomic mass is 9.79. The molecule has 0 saturated carbocycles. The van der Waals surface area contributed by atoms with Gasteiger partial charge in [0.05, 0.1) is 5.01 Å². The van der Waals surface area contributed by atoms with Crippen molar-refractivity contribution in [2.24, 2.45) is 5.41 Å². The normalized spacial score (nSPS) is 15.1. The number of nitrogens with zero attached hydrogens (tertiary/aromatic N) is 1. The van der Waals surface area contributed by atoms with Gasteiger partial charge in [-0.05, 0) is 18.3 Å². The SMILES string of the molecule is CCCCC(CC)(CBr)Cc1nccs1. The number of hydrogen-bond donors (Lipinski definition) is 0. The standard InChI is InChI=1S/C12H20BrNS/c1-3-5-6-12(4-2,10-13)9-11-14-7-8-15-11/h7-8H,3-6,9-10H2,1-2H3. The van der Waals surface area contributed by atoms with Gasteiger partial charge in [-0.3, -0.25) is 0 Å². The highest BCUT2D eigenvalue weighted by atomic mass is 79.9. The third-order valence-electron chi connectivity index (χ3n) is 3.10. The Morgan fingerprint density at radius 2 is 2.27 bits per heavy atom. The van der Waals surface area contributed by atoms with Gasteiger partial charge in [0.25, 0.3) is 0 Å². The van der Waals surface area contributed by atoms with E-state index in [1.807, 2.05) is 6.20 Å². The van der Waals surface area contributed by atoms with Gasteiger partial charge < -0.3 is 0 Å². The van der Waals surface area contributed by atoms with Crippen molar-refractivity contribution in [1.29, 1.82) is 0 Å². The maximum absolute atomic E-state index is 4.40. The number of hydrogen-bond acceptors (Lipinski definition) is 2. The van der Waals surface area contributed by atoms with Gasteiger partial charge in [-0.15, -0.1) is 11.3 Å². The average Bonchev–Trinajstić information content (AvgIpc) is 2.77. The van der Waals surface area contributed by atoms with Crippen LogP contribution in [-0.2, 0) is 6.42 Å². The second-order valence-electron chi connectivity index (χ2n) is 4.19. The maximum Gasteiger partial charge on any atom is 0.0930 e. The molecule has 0 N–H and O–H groups in total. The van der Waals surface area contributed by atoms with Crippen molar-refractivity contribution < 1.29 is 0 Å². The lowest BCUT2D eigenvalue weighted by molar-refractivity contribution is 0.283. The Hall–Kier alpha value is 0.110. The molecular formula is C12H20BrNS. The lowest BCUT2D eigenvalue weighted by Crippen LogP contribution is -2.24. The first-order valence-electron chi connectivity index (χ1n) is 5.70. The van der Waals surface area contributed by atoms with E-state index in [1.54, 1.807) is 11.3 Å². The fourth-order valence-electron chi connectivity index (χ4n) is 1.81. The van der Waals surface area contributed by atoms with E-state index in [4.69, 9.17) is 0 Å². The van der Waals surface area contributed by atoms with Gasteiger partial charge in [0, 0.05) is 23.3 Å². The van der Waals surface area contributed by atoms with E-state index in [0.29, 0.717) is 5.41 Å². The predicted octanol–water partition coefficient (Wildman–Crippen LogP) is 4.67. The summed E-state index contributed by atoms with van der Waals surface area (Å²) in [7, 11) is 0. The van der Waals surface area contributed by atoms with E-state index in [9.17, 15) is 0 Å². The summed E-state index contributed by atoms with van der Waals surface area (Å²) in [5, 5.41) is 4.45. The molecule has 0 aliphatic heterocycles. The van der Waals surface area contributed by atoms with Gasteiger partial charge in [0.1, 0.15) is 0 Å². The highest BCUT2D eigenvalue weighted by Crippen LogP contribution is 2.35. The average molecular weight is 290 g/mol. The fourth-order valence-corrected chi connectivity index (χ4v) is 3.48. The highest BCUT2D eigenvalue weighted by molar-refractivity contribution is 9.09. The van der Waals surface area contributed by atoms with Crippen LogP contribution in [0.25, 0.3) is 0 Å². The number of aromatic nitrogens is 1. The minimum absolute atomic E-state index is 0.424. The van der Waals surface area contributed by atoms with Crippen molar-refractivity contribution in [2.45, 2.75) is 46.0 Å². The Morgan fingerprint density at radius 3 is 2.73 bits per heavy atom. The first kappa shape index (κ1) is 13.2. The molecule has 0 spiro atoms. The van der Waals surface area contributed by atoms with E-state index in [-0.39, 0.29) is 0 Å². The summed E-state index contributed by atoms with van der Waals surface area (Å²) >= 11 is 5.47. The van der Waals surface area contributed by atoms with E-state index < -0.39 is 0 Å². The van der Waals surface area contributed by atoms with Gasteiger partial charge >= 0.3 is 0 Å². The summed E-state index contributed by atoms with van der Waals surface area (Å²) in [6.07, 6.45) is 8.20. The summed E-state index contributed by atoms with van der Waals surface area (Å²) in [6.45, 7) is 4.56. The van der Waals surface area contributed by atoms with Crippen LogP contribution < -0.4 is 0 Å². The second-order valence-corrected chi connectivity index (χ2v) is 5.73. The largest absolute Gasteiger partial charge is 0.250 e. The smallest absolute Gasteiger partial charge is 0.0930 e. The summed E-state index contributed by atoms with van der Waals surface area (Å²) in [5.41, 5.74) is 0.424. The van der Waals surface area contributed by atoms with Crippen molar-refractivity contribution in [3.8, 4) is 0 Å². The van der Waals surface area contributed by atoms with Gasteiger partial charge in [0.2, 0.25) is 0 Å². The third-order valence-corrected chi connectivity index (χ3v) is 5.07. The zero-order valence-corrected chi connectivity index (χ0v) is 12.0. The molecule has 0 radical (unpaired) electrons. The molecule has 0 aliphatic rings. The lowest BCUT2D eigenvalue weighted by Gasteiger charge is -2.30. The predicted molar refractivity (Wildman–Crippen MR) is 71.9 cm³/mol. The molecule has 86 valence electrons. The Bertz CT molecular complexity index is 255. The summed E-state index contributed by atoms with van der Waals surface area (Å²) in [4.78, 5) is 4.40. The van der Waals surface area contributed by atoms with E-state index in [0.717, 1.165) is 11.8 Å². The van der Waals surface area contributed by atoms with Crippen LogP contribution >= 0.6 is 27.3 Å². The fraction of sp³-hybridized carbons (Fsp3) is 0.750. The first-order chi connectivity index (χ1) is 7.26. The Labute approximate surface area is 105 Å². The zero-order valence-electron chi connectivity index (χ0n) is 9.63. The molecule has 0 amide bonds. The highest BCUT2D eigenvalue weighted by Gasteiger charge is 2.27. The Kier molecular flexibility index (Phi) is 5.83. The zero-order chi connectivity index (χ0) is 11.1. The first-order valence-corrected chi connectivity index (χ1v) is 7.71. The molecule has 1 rings (SSSR count). The number of halogens is 1. The molecule has 1 unspecified atom stereocenters. The minimum atomic E-state index is 0.424. The monoisotopic (exact) mass is 289 g/mol. The van der Waals surface area contributed by atoms with Crippen molar-refractivity contribution in [1.82, 2.24) is 4.98 Å². The van der Waals surface area contributed by atoms with Crippen LogP contribution in [0.2, 0.25) is 0 Å². The topological polar surface area (TPSA) is 12.9 Å². The second kappa shape index (κ2) is 6.64. The van der Waals surface area contributed by atoms with Gasteiger partial charge in [-0.1, -0.05) is 42.6 Å². The molecule has 15 heavy (non-hydrogen) atoms. The van der Waals surface area contributed by atoms with Crippen molar-refractivity contribution in [2.75, 3.05) is 5.33 Å².